The summed E-state index contributed by atoms with van der Waals surface area (Å²) >= 11 is 0. The van der Waals surface area contributed by atoms with Crippen molar-refractivity contribution in [2.75, 3.05) is 0 Å². The summed E-state index contributed by atoms with van der Waals surface area (Å²) in [6.45, 7) is 3.53. The van der Waals surface area contributed by atoms with Gasteiger partial charge in [-0.15, -0.1) is 0 Å². The van der Waals surface area contributed by atoms with Crippen molar-refractivity contribution in [2.24, 2.45) is 5.92 Å². The highest BCUT2D eigenvalue weighted by molar-refractivity contribution is 6.24. The van der Waals surface area contributed by atoms with Gasteiger partial charge in [0, 0.05) is 5.57 Å². The number of aliphatic carboxylic acids is 1. The van der Waals surface area contributed by atoms with Crippen LogP contribution in [0.25, 0.3) is 11.6 Å². The van der Waals surface area contributed by atoms with Crippen LogP contribution in [0.15, 0.2) is 60.7 Å². The van der Waals surface area contributed by atoms with E-state index < -0.39 is 17.9 Å². The van der Waals surface area contributed by atoms with Crippen LogP contribution in [0.3, 0.4) is 0 Å². The zero-order valence-electron chi connectivity index (χ0n) is 13.8. The van der Waals surface area contributed by atoms with Gasteiger partial charge in [-0.1, -0.05) is 74.5 Å². The van der Waals surface area contributed by atoms with Crippen LogP contribution >= 0.6 is 0 Å². The van der Waals surface area contributed by atoms with E-state index >= 15 is 0 Å². The third kappa shape index (κ3) is 4.56. The van der Waals surface area contributed by atoms with Crippen LogP contribution in [0.4, 0.5) is 0 Å². The average molecular weight is 323 g/mol. The smallest absolute Gasteiger partial charge is 0.326 e. The normalized spacial score (nSPS) is 12.7. The fourth-order valence-electron chi connectivity index (χ4n) is 2.35. The number of carbonyl (C=O) groups is 2. The maximum Gasteiger partial charge on any atom is 0.326 e. The summed E-state index contributed by atoms with van der Waals surface area (Å²) in [4.78, 5) is 24.1. The number of benzene rings is 2. The first kappa shape index (κ1) is 17.5. The molecule has 0 radical (unpaired) electrons. The van der Waals surface area contributed by atoms with E-state index in [0.29, 0.717) is 5.57 Å². The Hall–Kier alpha value is -2.88. The van der Waals surface area contributed by atoms with E-state index in [0.717, 1.165) is 11.1 Å². The van der Waals surface area contributed by atoms with Crippen LogP contribution < -0.4 is 5.32 Å². The number of nitrogens with one attached hydrogen (secondary N) is 1. The number of hydrogen-bond acceptors (Lipinski definition) is 2. The van der Waals surface area contributed by atoms with E-state index in [2.05, 4.69) is 5.32 Å². The Kier molecular flexibility index (Phi) is 5.90. The van der Waals surface area contributed by atoms with E-state index in [1.54, 1.807) is 19.9 Å². The molecule has 0 saturated heterocycles. The van der Waals surface area contributed by atoms with Gasteiger partial charge >= 0.3 is 5.97 Å². The van der Waals surface area contributed by atoms with Crippen LogP contribution in [-0.4, -0.2) is 23.0 Å². The largest absolute Gasteiger partial charge is 0.480 e. The van der Waals surface area contributed by atoms with Gasteiger partial charge in [0.2, 0.25) is 0 Å². The third-order valence-corrected chi connectivity index (χ3v) is 3.66. The molecule has 1 unspecified atom stereocenters. The first-order valence-electron chi connectivity index (χ1n) is 7.85. The van der Waals surface area contributed by atoms with Crippen molar-refractivity contribution in [1.29, 1.82) is 0 Å². The lowest BCUT2D eigenvalue weighted by molar-refractivity contribution is -0.142. The highest BCUT2D eigenvalue weighted by Gasteiger charge is 2.25. The van der Waals surface area contributed by atoms with E-state index in [9.17, 15) is 14.7 Å². The maximum absolute atomic E-state index is 12.7. The van der Waals surface area contributed by atoms with E-state index in [4.69, 9.17) is 0 Å². The molecule has 0 aliphatic heterocycles. The van der Waals surface area contributed by atoms with Gasteiger partial charge in [-0.3, -0.25) is 4.79 Å². The molecule has 2 aromatic carbocycles. The zero-order valence-corrected chi connectivity index (χ0v) is 13.8. The van der Waals surface area contributed by atoms with Crippen molar-refractivity contribution in [2.45, 2.75) is 19.9 Å². The molecule has 24 heavy (non-hydrogen) atoms. The Morgan fingerprint density at radius 2 is 1.50 bits per heavy atom. The van der Waals surface area contributed by atoms with Crippen molar-refractivity contribution in [1.82, 2.24) is 5.32 Å². The van der Waals surface area contributed by atoms with Gasteiger partial charge in [0.25, 0.3) is 5.91 Å². The van der Waals surface area contributed by atoms with Crippen LogP contribution in [-0.2, 0) is 9.59 Å². The molecule has 124 valence electrons. The van der Waals surface area contributed by atoms with Crippen LogP contribution in [0, 0.1) is 5.92 Å². The second kappa shape index (κ2) is 8.11. The number of hydrogen-bond donors (Lipinski definition) is 2. The monoisotopic (exact) mass is 323 g/mol. The molecule has 4 nitrogen and oxygen atoms in total. The Morgan fingerprint density at radius 3 is 2.00 bits per heavy atom. The Labute approximate surface area is 141 Å². The number of carboxylic acids is 1. The van der Waals surface area contributed by atoms with Gasteiger partial charge in [0.15, 0.2) is 0 Å². The molecule has 0 heterocycles. The van der Waals surface area contributed by atoms with E-state index in [1.807, 2.05) is 60.7 Å². The van der Waals surface area contributed by atoms with E-state index in [1.165, 1.54) is 0 Å². The summed E-state index contributed by atoms with van der Waals surface area (Å²) in [6.07, 6.45) is 1.77. The van der Waals surface area contributed by atoms with Gasteiger partial charge in [0.1, 0.15) is 6.04 Å². The number of carbonyl (C=O) groups excluding carboxylic acids is 1. The summed E-state index contributed by atoms with van der Waals surface area (Å²) in [5.74, 6) is -1.64. The summed E-state index contributed by atoms with van der Waals surface area (Å²) in [7, 11) is 0. The van der Waals surface area contributed by atoms with Gasteiger partial charge < -0.3 is 10.4 Å². The molecule has 0 fully saturated rings. The van der Waals surface area contributed by atoms with Crippen LogP contribution in [0.1, 0.15) is 25.0 Å². The quantitative estimate of drug-likeness (QED) is 0.632. The predicted molar refractivity (Wildman–Crippen MR) is 95.2 cm³/mol. The standard InChI is InChI=1S/C20H21NO3/c1-14(2)18(20(23)24)21-19(22)17(16-11-7-4-8-12-16)13-15-9-5-3-6-10-15/h3-14,18H,1-2H3,(H,21,22)(H,23,24)/b17-13-. The molecule has 1 amide bonds. The van der Waals surface area contributed by atoms with Crippen molar-refractivity contribution >= 4 is 23.5 Å². The van der Waals surface area contributed by atoms with Gasteiger partial charge in [-0.05, 0) is 23.1 Å². The molecule has 2 rings (SSSR count). The van der Waals surface area contributed by atoms with Crippen molar-refractivity contribution in [3.63, 3.8) is 0 Å². The fourth-order valence-corrected chi connectivity index (χ4v) is 2.35. The summed E-state index contributed by atoms with van der Waals surface area (Å²) in [5.41, 5.74) is 2.06. The zero-order chi connectivity index (χ0) is 17.5. The minimum atomic E-state index is -1.04. The number of carboxylic acid groups (broad SMARTS) is 1. The lowest BCUT2D eigenvalue weighted by Gasteiger charge is -2.19. The SMILES string of the molecule is CC(C)C(NC(=O)/C(=C\c1ccccc1)c1ccccc1)C(=O)O. The molecule has 0 saturated carbocycles. The van der Waals surface area contributed by atoms with Gasteiger partial charge in [-0.2, -0.15) is 0 Å². The molecule has 0 aromatic heterocycles. The Morgan fingerprint density at radius 1 is 0.958 bits per heavy atom. The second-order valence-electron chi connectivity index (χ2n) is 5.87. The van der Waals surface area contributed by atoms with E-state index in [-0.39, 0.29) is 5.92 Å². The predicted octanol–water partition coefficient (Wildman–Crippen LogP) is 3.45. The highest BCUT2D eigenvalue weighted by Crippen LogP contribution is 2.19. The number of rotatable bonds is 6. The molecule has 2 N–H and O–H groups in total. The summed E-state index contributed by atoms with van der Waals surface area (Å²) in [6, 6.07) is 17.8. The molecule has 0 aliphatic rings. The highest BCUT2D eigenvalue weighted by atomic mass is 16.4. The fraction of sp³-hybridized carbons (Fsp3) is 0.200. The van der Waals surface area contributed by atoms with Gasteiger partial charge in [0.05, 0.1) is 0 Å². The molecule has 0 bridgehead atoms. The Balaban J connectivity index is 2.38. The molecular formula is C20H21NO3. The van der Waals surface area contributed by atoms with Crippen molar-refractivity contribution in [3.05, 3.63) is 71.8 Å². The van der Waals surface area contributed by atoms with Crippen molar-refractivity contribution < 1.29 is 14.7 Å². The molecule has 0 aliphatic carbocycles. The first-order valence-corrected chi connectivity index (χ1v) is 7.85. The molecule has 0 spiro atoms. The summed E-state index contributed by atoms with van der Waals surface area (Å²) < 4.78 is 0. The molecule has 2 aromatic rings. The van der Waals surface area contributed by atoms with Crippen LogP contribution in [0.5, 0.6) is 0 Å². The molecular weight excluding hydrogens is 302 g/mol. The molecule has 4 heteroatoms. The maximum atomic E-state index is 12.7. The Bertz CT molecular complexity index is 721. The van der Waals surface area contributed by atoms with Gasteiger partial charge in [-0.25, -0.2) is 4.79 Å². The van der Waals surface area contributed by atoms with Crippen LogP contribution in [0.2, 0.25) is 0 Å². The number of amides is 1. The average Bonchev–Trinajstić information content (AvgIpc) is 2.58. The lowest BCUT2D eigenvalue weighted by Crippen LogP contribution is -2.44. The minimum absolute atomic E-state index is 0.208. The molecule has 1 atom stereocenters. The first-order chi connectivity index (χ1) is 11.5. The van der Waals surface area contributed by atoms with Crippen molar-refractivity contribution in [3.8, 4) is 0 Å². The minimum Gasteiger partial charge on any atom is -0.480 e. The lowest BCUT2D eigenvalue weighted by atomic mass is 9.99. The summed E-state index contributed by atoms with van der Waals surface area (Å²) in [5, 5.41) is 11.9. The second-order valence-corrected chi connectivity index (χ2v) is 5.87. The topological polar surface area (TPSA) is 66.4 Å². The third-order valence-electron chi connectivity index (χ3n) is 3.66.